The van der Waals surface area contributed by atoms with E-state index in [1.807, 2.05) is 6.92 Å². The molecule has 0 saturated carbocycles. The van der Waals surface area contributed by atoms with E-state index >= 15 is 0 Å². The average molecular weight is 299 g/mol. The quantitative estimate of drug-likeness (QED) is 0.805. The van der Waals surface area contributed by atoms with Gasteiger partial charge in [-0.05, 0) is 13.8 Å². The van der Waals surface area contributed by atoms with Crippen LogP contribution in [0.15, 0.2) is 23.6 Å². The largest absolute Gasteiger partial charge is 0.371 e. The van der Waals surface area contributed by atoms with E-state index in [1.165, 1.54) is 10.9 Å². The second-order valence-corrected chi connectivity index (χ2v) is 4.74. The number of aromatic nitrogens is 2. The van der Waals surface area contributed by atoms with Crippen LogP contribution >= 0.6 is 11.6 Å². The summed E-state index contributed by atoms with van der Waals surface area (Å²) >= 11 is 6.00. The summed E-state index contributed by atoms with van der Waals surface area (Å²) < 4.78 is 1.20. The SMILES string of the molecule is C=CCn1ncc(NC(C)C(=O)N(C)CC)c(Cl)c1=O. The maximum atomic E-state index is 11.9. The zero-order valence-corrected chi connectivity index (χ0v) is 12.6. The van der Waals surface area contributed by atoms with Crippen molar-refractivity contribution in [3.63, 3.8) is 0 Å². The predicted octanol–water partition coefficient (Wildman–Crippen LogP) is 1.36. The van der Waals surface area contributed by atoms with Crippen LogP contribution in [0.1, 0.15) is 13.8 Å². The van der Waals surface area contributed by atoms with Gasteiger partial charge in [-0.15, -0.1) is 6.58 Å². The molecule has 0 spiro atoms. The fourth-order valence-electron chi connectivity index (χ4n) is 1.60. The minimum Gasteiger partial charge on any atom is -0.371 e. The number of nitrogens with zero attached hydrogens (tertiary/aromatic N) is 3. The molecule has 1 atom stereocenters. The van der Waals surface area contributed by atoms with Crippen molar-refractivity contribution in [3.8, 4) is 0 Å². The van der Waals surface area contributed by atoms with Crippen molar-refractivity contribution in [2.45, 2.75) is 26.4 Å². The Morgan fingerprint density at radius 1 is 1.70 bits per heavy atom. The highest BCUT2D eigenvalue weighted by molar-refractivity contribution is 6.33. The molecule has 1 unspecified atom stereocenters. The van der Waals surface area contributed by atoms with Gasteiger partial charge in [0.15, 0.2) is 0 Å². The fraction of sp³-hybridized carbons (Fsp3) is 0.462. The Kier molecular flexibility index (Phi) is 5.76. The first-order chi connectivity index (χ1) is 9.42. The van der Waals surface area contributed by atoms with Gasteiger partial charge in [-0.3, -0.25) is 9.59 Å². The second kappa shape index (κ2) is 7.09. The number of nitrogens with one attached hydrogen (secondary N) is 1. The van der Waals surface area contributed by atoms with E-state index in [1.54, 1.807) is 24.9 Å². The van der Waals surface area contributed by atoms with Crippen molar-refractivity contribution in [3.05, 3.63) is 34.2 Å². The molecule has 7 heteroatoms. The third-order valence-electron chi connectivity index (χ3n) is 2.88. The zero-order valence-electron chi connectivity index (χ0n) is 11.9. The van der Waals surface area contributed by atoms with Gasteiger partial charge in [-0.1, -0.05) is 17.7 Å². The number of allylic oxidation sites excluding steroid dienone is 1. The van der Waals surface area contributed by atoms with Crippen LogP contribution in [0.5, 0.6) is 0 Å². The van der Waals surface area contributed by atoms with Gasteiger partial charge >= 0.3 is 0 Å². The monoisotopic (exact) mass is 298 g/mol. The smallest absolute Gasteiger partial charge is 0.287 e. The molecule has 0 saturated heterocycles. The van der Waals surface area contributed by atoms with Gasteiger partial charge in [-0.25, -0.2) is 4.68 Å². The Hall–Kier alpha value is -1.82. The van der Waals surface area contributed by atoms with Gasteiger partial charge in [0.1, 0.15) is 11.1 Å². The highest BCUT2D eigenvalue weighted by atomic mass is 35.5. The van der Waals surface area contributed by atoms with Crippen molar-refractivity contribution in [1.29, 1.82) is 0 Å². The highest BCUT2D eigenvalue weighted by Gasteiger charge is 2.18. The van der Waals surface area contributed by atoms with E-state index in [-0.39, 0.29) is 17.5 Å². The highest BCUT2D eigenvalue weighted by Crippen LogP contribution is 2.16. The van der Waals surface area contributed by atoms with Crippen LogP contribution in [0, 0.1) is 0 Å². The van der Waals surface area contributed by atoms with Gasteiger partial charge in [0.2, 0.25) is 5.91 Å². The molecule has 0 aliphatic rings. The van der Waals surface area contributed by atoms with Gasteiger partial charge in [0.25, 0.3) is 5.56 Å². The van der Waals surface area contributed by atoms with Crippen LogP contribution in [0.3, 0.4) is 0 Å². The van der Waals surface area contributed by atoms with Crippen molar-refractivity contribution >= 4 is 23.2 Å². The summed E-state index contributed by atoms with van der Waals surface area (Å²) in [4.78, 5) is 25.4. The summed E-state index contributed by atoms with van der Waals surface area (Å²) in [5.74, 6) is -0.0844. The number of hydrogen-bond donors (Lipinski definition) is 1. The van der Waals surface area contributed by atoms with Crippen molar-refractivity contribution in [2.75, 3.05) is 18.9 Å². The van der Waals surface area contributed by atoms with Crippen LogP contribution in [-0.4, -0.2) is 40.2 Å². The molecule has 20 heavy (non-hydrogen) atoms. The fourth-order valence-corrected chi connectivity index (χ4v) is 1.80. The van der Waals surface area contributed by atoms with Gasteiger partial charge in [0, 0.05) is 13.6 Å². The van der Waals surface area contributed by atoms with E-state index in [2.05, 4.69) is 17.0 Å². The molecule has 0 fully saturated rings. The van der Waals surface area contributed by atoms with Crippen LogP contribution < -0.4 is 10.9 Å². The summed E-state index contributed by atoms with van der Waals surface area (Å²) in [5.41, 5.74) is -0.0672. The number of hydrogen-bond acceptors (Lipinski definition) is 4. The molecule has 1 heterocycles. The Morgan fingerprint density at radius 3 is 2.90 bits per heavy atom. The van der Waals surface area contributed by atoms with E-state index in [0.29, 0.717) is 12.2 Å². The first-order valence-electron chi connectivity index (χ1n) is 6.30. The summed E-state index contributed by atoms with van der Waals surface area (Å²) in [6.45, 7) is 8.03. The lowest BCUT2D eigenvalue weighted by Crippen LogP contribution is -2.39. The van der Waals surface area contributed by atoms with Crippen LogP contribution in [-0.2, 0) is 11.3 Å². The molecular weight excluding hydrogens is 280 g/mol. The lowest BCUT2D eigenvalue weighted by atomic mass is 10.2. The Morgan fingerprint density at radius 2 is 2.35 bits per heavy atom. The maximum Gasteiger partial charge on any atom is 0.287 e. The van der Waals surface area contributed by atoms with Crippen molar-refractivity contribution < 1.29 is 4.79 Å². The second-order valence-electron chi connectivity index (χ2n) is 4.37. The summed E-state index contributed by atoms with van der Waals surface area (Å²) in [5, 5.41) is 6.89. The molecule has 0 bridgehead atoms. The Balaban J connectivity index is 2.94. The minimum absolute atomic E-state index is 0.0145. The number of anilines is 1. The molecule has 0 radical (unpaired) electrons. The number of rotatable bonds is 6. The Labute approximate surface area is 123 Å². The number of halogens is 1. The molecule has 1 N–H and O–H groups in total. The van der Waals surface area contributed by atoms with Gasteiger partial charge in [0.05, 0.1) is 18.4 Å². The van der Waals surface area contributed by atoms with Crippen LogP contribution in [0.25, 0.3) is 0 Å². The number of likely N-dealkylation sites (N-methyl/N-ethyl adjacent to an activating group) is 1. The lowest BCUT2D eigenvalue weighted by molar-refractivity contribution is -0.130. The first kappa shape index (κ1) is 16.2. The molecule has 1 amide bonds. The van der Waals surface area contributed by atoms with Crippen molar-refractivity contribution in [2.24, 2.45) is 0 Å². The first-order valence-corrected chi connectivity index (χ1v) is 6.68. The average Bonchev–Trinajstić information content (AvgIpc) is 2.45. The van der Waals surface area contributed by atoms with Crippen LogP contribution in [0.2, 0.25) is 5.02 Å². The van der Waals surface area contributed by atoms with E-state index in [4.69, 9.17) is 11.6 Å². The standard InChI is InChI=1S/C13H19ClN4O2/c1-5-7-18-13(20)11(14)10(8-15-18)16-9(3)12(19)17(4)6-2/h5,8-9,16H,1,6-7H2,2-4H3. The molecule has 0 aliphatic carbocycles. The summed E-state index contributed by atoms with van der Waals surface area (Å²) in [6.07, 6.45) is 2.99. The number of carbonyl (C=O) groups excluding carboxylic acids is 1. The molecule has 110 valence electrons. The molecular formula is C13H19ClN4O2. The third-order valence-corrected chi connectivity index (χ3v) is 3.25. The lowest BCUT2D eigenvalue weighted by Gasteiger charge is -2.21. The zero-order chi connectivity index (χ0) is 15.3. The summed E-state index contributed by atoms with van der Waals surface area (Å²) in [7, 11) is 1.71. The topological polar surface area (TPSA) is 67.2 Å². The van der Waals surface area contributed by atoms with Crippen LogP contribution in [0.4, 0.5) is 5.69 Å². The van der Waals surface area contributed by atoms with Gasteiger partial charge < -0.3 is 10.2 Å². The van der Waals surface area contributed by atoms with E-state index in [9.17, 15) is 9.59 Å². The molecule has 1 rings (SSSR count). The minimum atomic E-state index is -0.492. The molecule has 1 aromatic rings. The number of carbonyl (C=O) groups is 1. The third kappa shape index (κ3) is 3.60. The van der Waals surface area contributed by atoms with Gasteiger partial charge in [-0.2, -0.15) is 5.10 Å². The van der Waals surface area contributed by atoms with E-state index in [0.717, 1.165) is 0 Å². The van der Waals surface area contributed by atoms with Crippen molar-refractivity contribution in [1.82, 2.24) is 14.7 Å². The molecule has 6 nitrogen and oxygen atoms in total. The summed E-state index contributed by atoms with van der Waals surface area (Å²) in [6, 6.07) is -0.492. The molecule has 0 aromatic carbocycles. The molecule has 0 aliphatic heterocycles. The normalized spacial score (nSPS) is 11.8. The Bertz CT molecular complexity index is 556. The molecule has 1 aromatic heterocycles. The van der Waals surface area contributed by atoms with E-state index < -0.39 is 11.6 Å². The predicted molar refractivity (Wildman–Crippen MR) is 80.1 cm³/mol. The number of amides is 1. The maximum absolute atomic E-state index is 11.9.